The largest absolute Gasteiger partial charge is 0.384 e. The van der Waals surface area contributed by atoms with Crippen LogP contribution in [0.3, 0.4) is 0 Å². The van der Waals surface area contributed by atoms with Crippen LogP contribution in [0.2, 0.25) is 0 Å². The highest BCUT2D eigenvalue weighted by molar-refractivity contribution is 7.89. The first-order chi connectivity index (χ1) is 9.00. The van der Waals surface area contributed by atoms with E-state index in [9.17, 15) is 8.42 Å². The lowest BCUT2D eigenvalue weighted by molar-refractivity contribution is 0.117. The zero-order valence-corrected chi connectivity index (χ0v) is 11.8. The van der Waals surface area contributed by atoms with Crippen molar-refractivity contribution < 1.29 is 13.2 Å². The number of aromatic nitrogens is 1. The average Bonchev–Trinajstić information content (AvgIpc) is 3.19. The molecular weight excluding hydrogens is 266 g/mol. The maximum absolute atomic E-state index is 12.2. The maximum Gasteiger partial charge on any atom is 0.244 e. The fraction of sp³-hybridized carbons (Fsp3) is 0.583. The van der Waals surface area contributed by atoms with Gasteiger partial charge in [0, 0.05) is 26.4 Å². The number of rotatable bonds is 7. The summed E-state index contributed by atoms with van der Waals surface area (Å²) in [5.74, 6) is 0.984. The Morgan fingerprint density at radius 3 is 2.79 bits per heavy atom. The molecule has 7 heteroatoms. The Hall–Kier alpha value is -1.18. The smallest absolute Gasteiger partial charge is 0.244 e. The summed E-state index contributed by atoms with van der Waals surface area (Å²) >= 11 is 0. The van der Waals surface area contributed by atoms with Crippen molar-refractivity contribution in [1.29, 1.82) is 0 Å². The number of anilines is 1. The molecule has 0 aromatic carbocycles. The quantitative estimate of drug-likeness (QED) is 0.746. The predicted molar refractivity (Wildman–Crippen MR) is 72.0 cm³/mol. The molecule has 1 aliphatic rings. The summed E-state index contributed by atoms with van der Waals surface area (Å²) in [7, 11) is -1.97. The van der Waals surface area contributed by atoms with Crippen LogP contribution in [-0.4, -0.2) is 44.5 Å². The van der Waals surface area contributed by atoms with Crippen LogP contribution in [0, 0.1) is 5.92 Å². The number of nitrogen functional groups attached to an aromatic ring is 1. The second kappa shape index (κ2) is 5.85. The van der Waals surface area contributed by atoms with E-state index in [1.54, 1.807) is 0 Å². The van der Waals surface area contributed by atoms with Gasteiger partial charge in [0.1, 0.15) is 10.7 Å². The van der Waals surface area contributed by atoms with Crippen molar-refractivity contribution in [1.82, 2.24) is 9.29 Å². The van der Waals surface area contributed by atoms with Crippen LogP contribution < -0.4 is 5.73 Å². The number of hydrogen-bond acceptors (Lipinski definition) is 5. The second-order valence-electron chi connectivity index (χ2n) is 4.76. The Balaban J connectivity index is 1.88. The van der Waals surface area contributed by atoms with Crippen LogP contribution in [0.25, 0.3) is 0 Å². The molecule has 0 amide bonds. The van der Waals surface area contributed by atoms with Gasteiger partial charge in [-0.2, -0.15) is 4.31 Å². The second-order valence-corrected chi connectivity index (χ2v) is 6.81. The van der Waals surface area contributed by atoms with Crippen LogP contribution in [0.15, 0.2) is 23.2 Å². The monoisotopic (exact) mass is 285 g/mol. The molecule has 6 nitrogen and oxygen atoms in total. The lowest BCUT2D eigenvalue weighted by Gasteiger charge is -2.17. The molecule has 1 aliphatic carbocycles. The SMILES string of the molecule is CN(CCOCC1CC1)S(=O)(=O)c1ccc(N)nc1. The zero-order valence-electron chi connectivity index (χ0n) is 10.9. The minimum atomic E-state index is -3.51. The van der Waals surface area contributed by atoms with E-state index in [0.29, 0.717) is 24.9 Å². The summed E-state index contributed by atoms with van der Waals surface area (Å²) in [5, 5.41) is 0. The number of nitrogens with zero attached hydrogens (tertiary/aromatic N) is 2. The van der Waals surface area contributed by atoms with Crippen molar-refractivity contribution in [3.63, 3.8) is 0 Å². The number of ether oxygens (including phenoxy) is 1. The van der Waals surface area contributed by atoms with Gasteiger partial charge in [0.05, 0.1) is 6.61 Å². The molecule has 0 bridgehead atoms. The van der Waals surface area contributed by atoms with E-state index in [4.69, 9.17) is 10.5 Å². The van der Waals surface area contributed by atoms with Crippen molar-refractivity contribution in [3.05, 3.63) is 18.3 Å². The van der Waals surface area contributed by atoms with Gasteiger partial charge >= 0.3 is 0 Å². The van der Waals surface area contributed by atoms with Gasteiger partial charge in [0.15, 0.2) is 0 Å². The molecule has 0 unspecified atom stereocenters. The van der Waals surface area contributed by atoms with E-state index in [1.165, 1.54) is 42.5 Å². The summed E-state index contributed by atoms with van der Waals surface area (Å²) in [5.41, 5.74) is 5.44. The number of likely N-dealkylation sites (N-methyl/N-ethyl adjacent to an activating group) is 1. The first-order valence-electron chi connectivity index (χ1n) is 6.26. The first kappa shape index (κ1) is 14.2. The summed E-state index contributed by atoms with van der Waals surface area (Å²) < 4.78 is 31.1. The lowest BCUT2D eigenvalue weighted by Crippen LogP contribution is -2.30. The van der Waals surface area contributed by atoms with Gasteiger partial charge in [-0.25, -0.2) is 13.4 Å². The minimum absolute atomic E-state index is 0.145. The highest BCUT2D eigenvalue weighted by Crippen LogP contribution is 2.28. The molecule has 106 valence electrons. The van der Waals surface area contributed by atoms with Gasteiger partial charge in [-0.1, -0.05) is 0 Å². The van der Waals surface area contributed by atoms with Crippen LogP contribution >= 0.6 is 0 Å². The molecule has 1 aromatic rings. The molecule has 2 rings (SSSR count). The first-order valence-corrected chi connectivity index (χ1v) is 7.70. The normalized spacial score (nSPS) is 15.9. The molecule has 0 aliphatic heterocycles. The standard InChI is InChI=1S/C12H19N3O3S/c1-15(6-7-18-9-10-2-3-10)19(16,17)11-4-5-12(13)14-8-11/h4-5,8,10H,2-3,6-7,9H2,1H3,(H2,13,14). The molecular formula is C12H19N3O3S. The zero-order chi connectivity index (χ0) is 13.9. The molecule has 0 radical (unpaired) electrons. The summed E-state index contributed by atoms with van der Waals surface area (Å²) in [6.45, 7) is 1.48. The van der Waals surface area contributed by atoms with Crippen molar-refractivity contribution in [2.24, 2.45) is 5.92 Å². The van der Waals surface area contributed by atoms with E-state index >= 15 is 0 Å². The molecule has 2 N–H and O–H groups in total. The molecule has 1 saturated carbocycles. The lowest BCUT2D eigenvalue weighted by atomic mass is 10.5. The van der Waals surface area contributed by atoms with Gasteiger partial charge in [-0.05, 0) is 30.9 Å². The molecule has 19 heavy (non-hydrogen) atoms. The van der Waals surface area contributed by atoms with E-state index in [-0.39, 0.29) is 4.90 Å². The van der Waals surface area contributed by atoms with Crippen molar-refractivity contribution >= 4 is 15.8 Å². The molecule has 1 heterocycles. The van der Waals surface area contributed by atoms with Crippen LogP contribution in [0.1, 0.15) is 12.8 Å². The van der Waals surface area contributed by atoms with Crippen molar-refractivity contribution in [2.45, 2.75) is 17.7 Å². The fourth-order valence-electron chi connectivity index (χ4n) is 1.57. The van der Waals surface area contributed by atoms with E-state index in [1.807, 2.05) is 0 Å². The summed E-state index contributed by atoms with van der Waals surface area (Å²) in [6, 6.07) is 2.93. The van der Waals surface area contributed by atoms with Gasteiger partial charge in [0.2, 0.25) is 10.0 Å². The van der Waals surface area contributed by atoms with Gasteiger partial charge < -0.3 is 10.5 Å². The van der Waals surface area contributed by atoms with Crippen LogP contribution in [0.4, 0.5) is 5.82 Å². The number of pyridine rings is 1. The third-order valence-corrected chi connectivity index (χ3v) is 4.91. The Morgan fingerprint density at radius 2 is 2.21 bits per heavy atom. The molecule has 0 saturated heterocycles. The Morgan fingerprint density at radius 1 is 1.47 bits per heavy atom. The van der Waals surface area contributed by atoms with Gasteiger partial charge in [0.25, 0.3) is 0 Å². The molecule has 0 spiro atoms. The average molecular weight is 285 g/mol. The van der Waals surface area contributed by atoms with Crippen molar-refractivity contribution in [2.75, 3.05) is 32.5 Å². The third kappa shape index (κ3) is 3.89. The number of hydrogen-bond donors (Lipinski definition) is 1. The Bertz CT molecular complexity index is 512. The van der Waals surface area contributed by atoms with Gasteiger partial charge in [-0.3, -0.25) is 0 Å². The van der Waals surface area contributed by atoms with E-state index < -0.39 is 10.0 Å². The summed E-state index contributed by atoms with van der Waals surface area (Å²) in [6.07, 6.45) is 3.72. The highest BCUT2D eigenvalue weighted by Gasteiger charge is 2.23. The Kier molecular flexibility index (Phi) is 4.38. The fourth-order valence-corrected chi connectivity index (χ4v) is 2.67. The minimum Gasteiger partial charge on any atom is -0.384 e. The Labute approximate surface area is 113 Å². The number of nitrogens with two attached hydrogens (primary N) is 1. The molecule has 1 fully saturated rings. The van der Waals surface area contributed by atoms with Crippen LogP contribution in [0.5, 0.6) is 0 Å². The topological polar surface area (TPSA) is 85.5 Å². The van der Waals surface area contributed by atoms with Gasteiger partial charge in [-0.15, -0.1) is 0 Å². The predicted octanol–water partition coefficient (Wildman–Crippen LogP) is 0.711. The van der Waals surface area contributed by atoms with Crippen molar-refractivity contribution in [3.8, 4) is 0 Å². The highest BCUT2D eigenvalue weighted by atomic mass is 32.2. The van der Waals surface area contributed by atoms with E-state index in [0.717, 1.165) is 6.61 Å². The summed E-state index contributed by atoms with van der Waals surface area (Å²) in [4.78, 5) is 3.94. The third-order valence-electron chi connectivity index (χ3n) is 3.07. The molecule has 0 atom stereocenters. The number of sulfonamides is 1. The maximum atomic E-state index is 12.2. The van der Waals surface area contributed by atoms with E-state index in [2.05, 4.69) is 4.98 Å². The van der Waals surface area contributed by atoms with Crippen LogP contribution in [-0.2, 0) is 14.8 Å². The molecule has 1 aromatic heterocycles.